The lowest BCUT2D eigenvalue weighted by Crippen LogP contribution is -2.48. The molecule has 2 aromatic rings. The number of para-hydroxylation sites is 1. The van der Waals surface area contributed by atoms with E-state index in [-0.39, 0.29) is 17.7 Å². The van der Waals surface area contributed by atoms with Crippen molar-refractivity contribution in [1.29, 1.82) is 0 Å². The molecule has 0 saturated carbocycles. The van der Waals surface area contributed by atoms with Crippen molar-refractivity contribution in [3.05, 3.63) is 40.9 Å². The van der Waals surface area contributed by atoms with Crippen LogP contribution in [-0.2, 0) is 6.54 Å². The van der Waals surface area contributed by atoms with E-state index in [2.05, 4.69) is 9.88 Å². The van der Waals surface area contributed by atoms with Crippen LogP contribution in [0.25, 0.3) is 10.9 Å². The molecule has 1 aromatic carbocycles. The number of fused-ring (bicyclic) bond motifs is 1. The zero-order valence-electron chi connectivity index (χ0n) is 13.7. The lowest BCUT2D eigenvalue weighted by molar-refractivity contribution is 0.0222. The van der Waals surface area contributed by atoms with Crippen LogP contribution in [-0.4, -0.2) is 44.8 Å². The van der Waals surface area contributed by atoms with Crippen LogP contribution in [0.3, 0.4) is 0 Å². The minimum Gasteiger partial charge on any atom is -0.392 e. The Hall–Kier alpha value is -1.72. The van der Waals surface area contributed by atoms with Gasteiger partial charge in [0.15, 0.2) is 0 Å². The van der Waals surface area contributed by atoms with Crippen LogP contribution in [0.2, 0.25) is 0 Å². The molecule has 1 N–H and O–H groups in total. The lowest BCUT2D eigenvalue weighted by atomic mass is 9.96. The van der Waals surface area contributed by atoms with Crippen molar-refractivity contribution in [1.82, 2.24) is 14.5 Å². The summed E-state index contributed by atoms with van der Waals surface area (Å²) in [6.45, 7) is 4.41. The maximum atomic E-state index is 12.5. The SMILES string of the molecule is CCC(O)C1CCCCN1CCn1cnc2ccccc2c1=O. The summed E-state index contributed by atoms with van der Waals surface area (Å²) < 4.78 is 1.69. The fourth-order valence-electron chi connectivity index (χ4n) is 3.50. The molecule has 3 rings (SSSR count). The van der Waals surface area contributed by atoms with Gasteiger partial charge >= 0.3 is 0 Å². The Morgan fingerprint density at radius 2 is 2.13 bits per heavy atom. The summed E-state index contributed by atoms with van der Waals surface area (Å²) in [7, 11) is 0. The Kier molecular flexibility index (Phi) is 5.08. The van der Waals surface area contributed by atoms with Crippen molar-refractivity contribution in [2.75, 3.05) is 13.1 Å². The molecule has 1 fully saturated rings. The van der Waals surface area contributed by atoms with E-state index in [4.69, 9.17) is 0 Å². The summed E-state index contributed by atoms with van der Waals surface area (Å²) >= 11 is 0. The van der Waals surface area contributed by atoms with Crippen molar-refractivity contribution < 1.29 is 5.11 Å². The van der Waals surface area contributed by atoms with E-state index in [1.807, 2.05) is 31.2 Å². The predicted molar refractivity (Wildman–Crippen MR) is 91.5 cm³/mol. The molecule has 124 valence electrons. The van der Waals surface area contributed by atoms with Gasteiger partial charge in [-0.25, -0.2) is 4.98 Å². The maximum Gasteiger partial charge on any atom is 0.261 e. The number of aromatic nitrogens is 2. The van der Waals surface area contributed by atoms with Gasteiger partial charge in [-0.1, -0.05) is 25.5 Å². The summed E-state index contributed by atoms with van der Waals surface area (Å²) in [5.74, 6) is 0. The third-order valence-corrected chi connectivity index (χ3v) is 4.89. The predicted octanol–water partition coefficient (Wildman–Crippen LogP) is 2.02. The molecule has 1 aliphatic rings. The molecule has 1 aliphatic heterocycles. The molecule has 2 heterocycles. The van der Waals surface area contributed by atoms with Crippen LogP contribution in [0.15, 0.2) is 35.4 Å². The van der Waals surface area contributed by atoms with Crippen molar-refractivity contribution in [3.63, 3.8) is 0 Å². The third-order valence-electron chi connectivity index (χ3n) is 4.89. The quantitative estimate of drug-likeness (QED) is 0.917. The first-order valence-electron chi connectivity index (χ1n) is 8.57. The van der Waals surface area contributed by atoms with E-state index in [1.165, 1.54) is 6.42 Å². The van der Waals surface area contributed by atoms with Crippen LogP contribution in [0, 0.1) is 0 Å². The van der Waals surface area contributed by atoms with E-state index in [9.17, 15) is 9.90 Å². The van der Waals surface area contributed by atoms with E-state index in [1.54, 1.807) is 10.9 Å². The smallest absolute Gasteiger partial charge is 0.261 e. The van der Waals surface area contributed by atoms with Crippen molar-refractivity contribution >= 4 is 10.9 Å². The van der Waals surface area contributed by atoms with Crippen LogP contribution < -0.4 is 5.56 Å². The molecule has 23 heavy (non-hydrogen) atoms. The molecule has 0 aliphatic carbocycles. The topological polar surface area (TPSA) is 58.4 Å². The molecule has 0 radical (unpaired) electrons. The highest BCUT2D eigenvalue weighted by Gasteiger charge is 2.27. The highest BCUT2D eigenvalue weighted by molar-refractivity contribution is 5.76. The summed E-state index contributed by atoms with van der Waals surface area (Å²) in [5.41, 5.74) is 0.756. The van der Waals surface area contributed by atoms with Crippen LogP contribution in [0.1, 0.15) is 32.6 Å². The van der Waals surface area contributed by atoms with E-state index in [0.29, 0.717) is 11.9 Å². The van der Waals surface area contributed by atoms with Gasteiger partial charge in [-0.05, 0) is 37.9 Å². The fourth-order valence-corrected chi connectivity index (χ4v) is 3.50. The number of aliphatic hydroxyl groups is 1. The fraction of sp³-hybridized carbons (Fsp3) is 0.556. The van der Waals surface area contributed by atoms with Crippen molar-refractivity contribution in [3.8, 4) is 0 Å². The second kappa shape index (κ2) is 7.23. The second-order valence-corrected chi connectivity index (χ2v) is 6.33. The van der Waals surface area contributed by atoms with E-state index in [0.717, 1.165) is 37.9 Å². The third kappa shape index (κ3) is 3.46. The van der Waals surface area contributed by atoms with Gasteiger partial charge in [0.05, 0.1) is 23.3 Å². The normalized spacial score (nSPS) is 20.7. The molecule has 2 unspecified atom stereocenters. The van der Waals surface area contributed by atoms with Crippen LogP contribution in [0.5, 0.6) is 0 Å². The first-order chi connectivity index (χ1) is 11.2. The van der Waals surface area contributed by atoms with E-state index >= 15 is 0 Å². The number of aliphatic hydroxyl groups excluding tert-OH is 1. The molecule has 5 heteroatoms. The first kappa shape index (κ1) is 16.1. The Labute approximate surface area is 136 Å². The minimum absolute atomic E-state index is 0.0141. The summed E-state index contributed by atoms with van der Waals surface area (Å²) in [4.78, 5) is 19.2. The molecule has 0 amide bonds. The molecular formula is C18H25N3O2. The molecular weight excluding hydrogens is 290 g/mol. The molecule has 1 aromatic heterocycles. The molecule has 2 atom stereocenters. The summed E-state index contributed by atoms with van der Waals surface area (Å²) in [5, 5.41) is 10.9. The average Bonchev–Trinajstić information content (AvgIpc) is 2.61. The number of hydrogen-bond acceptors (Lipinski definition) is 4. The van der Waals surface area contributed by atoms with E-state index < -0.39 is 0 Å². The Balaban J connectivity index is 1.74. The number of likely N-dealkylation sites (tertiary alicyclic amines) is 1. The molecule has 5 nitrogen and oxygen atoms in total. The number of benzene rings is 1. The minimum atomic E-state index is -0.276. The van der Waals surface area contributed by atoms with Gasteiger partial charge in [0, 0.05) is 19.1 Å². The average molecular weight is 315 g/mol. The van der Waals surface area contributed by atoms with Gasteiger partial charge in [-0.3, -0.25) is 14.3 Å². The van der Waals surface area contributed by atoms with Crippen molar-refractivity contribution in [2.45, 2.75) is 51.3 Å². The van der Waals surface area contributed by atoms with Gasteiger partial charge in [0.2, 0.25) is 0 Å². The Morgan fingerprint density at radius 3 is 2.96 bits per heavy atom. The summed E-state index contributed by atoms with van der Waals surface area (Å²) in [6, 6.07) is 7.67. The van der Waals surface area contributed by atoms with Crippen LogP contribution >= 0.6 is 0 Å². The monoisotopic (exact) mass is 315 g/mol. The number of piperidine rings is 1. The van der Waals surface area contributed by atoms with Gasteiger partial charge < -0.3 is 5.11 Å². The Morgan fingerprint density at radius 1 is 1.30 bits per heavy atom. The standard InChI is InChI=1S/C18H25N3O2/c1-2-17(22)16-9-5-6-10-20(16)11-12-21-13-19-15-8-4-3-7-14(15)18(21)23/h3-4,7-8,13,16-17,22H,2,5-6,9-12H2,1H3. The highest BCUT2D eigenvalue weighted by atomic mass is 16.3. The Bertz CT molecular complexity index is 713. The second-order valence-electron chi connectivity index (χ2n) is 6.33. The largest absolute Gasteiger partial charge is 0.392 e. The first-order valence-corrected chi connectivity index (χ1v) is 8.57. The number of nitrogens with zero attached hydrogens (tertiary/aromatic N) is 3. The van der Waals surface area contributed by atoms with Gasteiger partial charge in [-0.2, -0.15) is 0 Å². The highest BCUT2D eigenvalue weighted by Crippen LogP contribution is 2.21. The number of rotatable bonds is 5. The molecule has 0 spiro atoms. The zero-order valence-corrected chi connectivity index (χ0v) is 13.7. The lowest BCUT2D eigenvalue weighted by Gasteiger charge is -2.38. The van der Waals surface area contributed by atoms with Gasteiger partial charge in [0.1, 0.15) is 0 Å². The van der Waals surface area contributed by atoms with Crippen LogP contribution in [0.4, 0.5) is 0 Å². The van der Waals surface area contributed by atoms with Crippen molar-refractivity contribution in [2.24, 2.45) is 0 Å². The number of hydrogen-bond donors (Lipinski definition) is 1. The zero-order chi connectivity index (χ0) is 16.2. The molecule has 1 saturated heterocycles. The van der Waals surface area contributed by atoms with Gasteiger partial charge in [-0.15, -0.1) is 0 Å². The molecule has 0 bridgehead atoms. The summed E-state index contributed by atoms with van der Waals surface area (Å²) in [6.07, 6.45) is 5.52. The van der Waals surface area contributed by atoms with Gasteiger partial charge in [0.25, 0.3) is 5.56 Å². The maximum absolute atomic E-state index is 12.5.